The highest BCUT2D eigenvalue weighted by atomic mass is 35.5. The fourth-order valence-corrected chi connectivity index (χ4v) is 6.52. The Labute approximate surface area is 225 Å². The van der Waals surface area contributed by atoms with Crippen molar-refractivity contribution in [3.63, 3.8) is 0 Å². The number of benzene rings is 1. The van der Waals surface area contributed by atoms with E-state index in [-0.39, 0.29) is 53.0 Å². The summed E-state index contributed by atoms with van der Waals surface area (Å²) in [5.41, 5.74) is 0.510. The number of nitrogens with one attached hydrogen (secondary N) is 1. The lowest BCUT2D eigenvalue weighted by atomic mass is 9.87. The number of carbonyl (C=O) groups is 2. The van der Waals surface area contributed by atoms with E-state index in [0.717, 1.165) is 0 Å². The number of fused-ring (bicyclic) bond motifs is 2. The largest absolute Gasteiger partial charge is 0.481 e. The van der Waals surface area contributed by atoms with E-state index in [1.807, 2.05) is 0 Å². The predicted octanol–water partition coefficient (Wildman–Crippen LogP) is 4.42. The minimum atomic E-state index is -3.02. The molecule has 0 radical (unpaired) electrons. The van der Waals surface area contributed by atoms with E-state index in [0.29, 0.717) is 11.4 Å². The Morgan fingerprint density at radius 3 is 2.79 bits per heavy atom. The van der Waals surface area contributed by atoms with Crippen LogP contribution in [0, 0.1) is 11.7 Å². The lowest BCUT2D eigenvalue weighted by Gasteiger charge is -2.40. The number of piperidine rings is 1. The summed E-state index contributed by atoms with van der Waals surface area (Å²) < 4.78 is 49.6. The third-order valence-corrected chi connectivity index (χ3v) is 8.45. The highest BCUT2D eigenvalue weighted by Crippen LogP contribution is 2.49. The summed E-state index contributed by atoms with van der Waals surface area (Å²) in [6.07, 6.45) is 1.31. The Balaban J connectivity index is 1.58. The fraction of sp³-hybridized carbons (Fsp3) is 0.440. The summed E-state index contributed by atoms with van der Waals surface area (Å²) in [5.74, 6) is -5.58. The topological polar surface area (TPSA) is 104 Å². The van der Waals surface area contributed by atoms with Crippen molar-refractivity contribution in [3.05, 3.63) is 62.5 Å². The average Bonchev–Trinajstić information content (AvgIpc) is 3.44. The van der Waals surface area contributed by atoms with Gasteiger partial charge in [0.05, 0.1) is 23.7 Å². The Kier molecular flexibility index (Phi) is 7.23. The van der Waals surface area contributed by atoms with Gasteiger partial charge in [-0.1, -0.05) is 23.7 Å². The quantitative estimate of drug-likeness (QED) is 0.477. The van der Waals surface area contributed by atoms with Crippen LogP contribution in [-0.4, -0.2) is 64.4 Å². The van der Waals surface area contributed by atoms with Gasteiger partial charge in [-0.2, -0.15) is 0 Å². The molecule has 3 aliphatic heterocycles. The number of rotatable bonds is 7. The molecule has 8 nitrogen and oxygen atoms in total. The van der Waals surface area contributed by atoms with E-state index in [1.165, 1.54) is 30.6 Å². The number of esters is 1. The molecule has 2 aromatic rings. The summed E-state index contributed by atoms with van der Waals surface area (Å²) in [6.45, 7) is -0.0804. The number of aromatic nitrogens is 1. The number of amidine groups is 1. The molecule has 0 unspecified atom stereocenters. The van der Waals surface area contributed by atoms with Crippen molar-refractivity contribution in [1.82, 2.24) is 15.2 Å². The summed E-state index contributed by atoms with van der Waals surface area (Å²) in [6, 6.07) is 1.31. The van der Waals surface area contributed by atoms with Crippen molar-refractivity contribution in [2.75, 3.05) is 13.7 Å². The molecule has 2 N–H and O–H groups in total. The van der Waals surface area contributed by atoms with Gasteiger partial charge >= 0.3 is 11.9 Å². The number of alkyl halides is 2. The normalized spacial score (nSPS) is 26.6. The third-order valence-electron chi connectivity index (χ3n) is 7.27. The van der Waals surface area contributed by atoms with Crippen molar-refractivity contribution in [3.8, 4) is 0 Å². The van der Waals surface area contributed by atoms with Crippen molar-refractivity contribution in [1.29, 1.82) is 0 Å². The molecule has 2 bridgehead atoms. The smallest absolute Gasteiger partial charge is 0.338 e. The van der Waals surface area contributed by atoms with Gasteiger partial charge in [-0.05, 0) is 24.8 Å². The second kappa shape index (κ2) is 10.3. The van der Waals surface area contributed by atoms with E-state index in [9.17, 15) is 19.1 Å². The monoisotopic (exact) mass is 568 g/mol. The lowest BCUT2D eigenvalue weighted by molar-refractivity contribution is -0.139. The number of hydrogen-bond donors (Lipinski definition) is 2. The predicted molar refractivity (Wildman–Crippen MR) is 134 cm³/mol. The summed E-state index contributed by atoms with van der Waals surface area (Å²) >= 11 is 7.57. The second-order valence-electron chi connectivity index (χ2n) is 9.61. The maximum atomic E-state index is 15.1. The fourth-order valence-electron chi connectivity index (χ4n) is 5.70. The van der Waals surface area contributed by atoms with E-state index < -0.39 is 48.2 Å². The molecular weight excluding hydrogens is 545 g/mol. The van der Waals surface area contributed by atoms with Gasteiger partial charge in [-0.25, -0.2) is 22.9 Å². The first-order valence-electron chi connectivity index (χ1n) is 11.9. The molecular formula is C25H24ClF3N4O4S. The molecule has 38 heavy (non-hydrogen) atoms. The Bertz CT molecular complexity index is 1320. The van der Waals surface area contributed by atoms with Crippen LogP contribution in [0.5, 0.6) is 0 Å². The minimum Gasteiger partial charge on any atom is -0.481 e. The zero-order valence-electron chi connectivity index (χ0n) is 20.2. The van der Waals surface area contributed by atoms with E-state index in [1.54, 1.807) is 22.5 Å². The van der Waals surface area contributed by atoms with Crippen molar-refractivity contribution in [2.45, 2.75) is 49.7 Å². The van der Waals surface area contributed by atoms with Gasteiger partial charge in [0.25, 0.3) is 5.92 Å². The lowest BCUT2D eigenvalue weighted by Crippen LogP contribution is -2.50. The number of hydrogen-bond acceptors (Lipinski definition) is 8. The average molecular weight is 569 g/mol. The van der Waals surface area contributed by atoms with Crippen LogP contribution >= 0.6 is 22.9 Å². The highest BCUT2D eigenvalue weighted by molar-refractivity contribution is 7.11. The number of carbonyl (C=O) groups excluding carboxylic acids is 1. The van der Waals surface area contributed by atoms with E-state index >= 15 is 8.78 Å². The Morgan fingerprint density at radius 1 is 1.34 bits per heavy atom. The van der Waals surface area contributed by atoms with Crippen LogP contribution in [0.15, 0.2) is 46.0 Å². The van der Waals surface area contributed by atoms with Gasteiger partial charge < -0.3 is 15.2 Å². The molecule has 4 atom stereocenters. The van der Waals surface area contributed by atoms with E-state index in [2.05, 4.69) is 15.3 Å². The first kappa shape index (κ1) is 26.6. The van der Waals surface area contributed by atoms with Crippen LogP contribution in [-0.2, 0) is 14.3 Å². The SMILES string of the molecule is COC(=O)C1=C(CN2[C@@H]3C[C@H](CC(=O)O)C[C@H]2C(F)(F)C3)NC(c2nccs2)=N[C@H]1c1cccc(F)c1Cl. The number of nitrogens with zero attached hydrogens (tertiary/aromatic N) is 3. The highest BCUT2D eigenvalue weighted by Gasteiger charge is 2.57. The van der Waals surface area contributed by atoms with Crippen LogP contribution in [0.25, 0.3) is 0 Å². The third kappa shape index (κ3) is 4.92. The standard InChI is InChI=1S/C25H24ClF3N4O4S/c1-37-24(36)19-16(11-33-13-7-12(9-18(34)35)8-17(33)25(28,29)10-13)31-22(23-30-5-6-38-23)32-21(19)14-3-2-4-15(27)20(14)26/h2-6,12-13,17,21H,7-11H2,1H3,(H,31,32)(H,34,35)/t12-,13+,17-,21-/m0/s1. The molecule has 5 rings (SSSR count). The molecule has 0 amide bonds. The minimum absolute atomic E-state index is 0.0171. The zero-order valence-corrected chi connectivity index (χ0v) is 21.7. The number of aliphatic carboxylic acids is 1. The summed E-state index contributed by atoms with van der Waals surface area (Å²) in [5, 5.41) is 14.3. The number of ether oxygens (including phenoxy) is 1. The van der Waals surface area contributed by atoms with Gasteiger partial charge in [0, 0.05) is 48.3 Å². The number of methoxy groups -OCH3 is 1. The van der Waals surface area contributed by atoms with Crippen molar-refractivity contribution in [2.24, 2.45) is 10.9 Å². The molecule has 13 heteroatoms. The van der Waals surface area contributed by atoms with E-state index in [4.69, 9.17) is 16.3 Å². The second-order valence-corrected chi connectivity index (χ2v) is 10.9. The molecule has 2 saturated heterocycles. The molecule has 0 spiro atoms. The zero-order chi connectivity index (χ0) is 27.2. The maximum Gasteiger partial charge on any atom is 0.338 e. The number of carboxylic acids is 1. The van der Waals surface area contributed by atoms with Gasteiger partial charge in [0.1, 0.15) is 11.9 Å². The molecule has 202 valence electrons. The molecule has 3 aliphatic rings. The Hall–Kier alpha value is -2.96. The molecule has 0 saturated carbocycles. The van der Waals surface area contributed by atoms with Crippen LogP contribution in [0.3, 0.4) is 0 Å². The molecule has 1 aromatic carbocycles. The van der Waals surface area contributed by atoms with Crippen molar-refractivity contribution < 1.29 is 32.6 Å². The molecule has 0 aliphatic carbocycles. The Morgan fingerprint density at radius 2 is 2.13 bits per heavy atom. The molecule has 2 fully saturated rings. The first-order chi connectivity index (χ1) is 18.1. The number of carboxylic acid groups (broad SMARTS) is 1. The first-order valence-corrected chi connectivity index (χ1v) is 13.2. The maximum absolute atomic E-state index is 15.1. The van der Waals surface area contributed by atoms with Crippen LogP contribution in [0.1, 0.15) is 42.3 Å². The van der Waals surface area contributed by atoms with Gasteiger partial charge in [-0.3, -0.25) is 14.7 Å². The number of aliphatic imine (C=N–C) groups is 1. The van der Waals surface area contributed by atoms with Gasteiger partial charge in [-0.15, -0.1) is 11.3 Å². The summed E-state index contributed by atoms with van der Waals surface area (Å²) in [4.78, 5) is 34.9. The molecule has 1 aromatic heterocycles. The van der Waals surface area contributed by atoms with Crippen LogP contribution < -0.4 is 5.32 Å². The molecule has 4 heterocycles. The van der Waals surface area contributed by atoms with Crippen LogP contribution in [0.4, 0.5) is 13.2 Å². The number of thiazole rings is 1. The van der Waals surface area contributed by atoms with Crippen molar-refractivity contribution >= 4 is 40.7 Å². The van der Waals surface area contributed by atoms with Crippen LogP contribution in [0.2, 0.25) is 5.02 Å². The van der Waals surface area contributed by atoms with Gasteiger partial charge in [0.2, 0.25) is 0 Å². The summed E-state index contributed by atoms with van der Waals surface area (Å²) in [7, 11) is 1.19. The number of halogens is 4. The van der Waals surface area contributed by atoms with Gasteiger partial charge in [0.15, 0.2) is 10.8 Å².